The molecule has 1 aromatic carbocycles. The van der Waals surface area contributed by atoms with Gasteiger partial charge >= 0.3 is 5.97 Å². The van der Waals surface area contributed by atoms with Gasteiger partial charge in [-0.25, -0.2) is 4.98 Å². The van der Waals surface area contributed by atoms with E-state index >= 15 is 0 Å². The molecule has 2 atom stereocenters. The lowest BCUT2D eigenvalue weighted by Crippen LogP contribution is -2.48. The number of thioether (sulfide) groups is 1. The van der Waals surface area contributed by atoms with Crippen LogP contribution in [0.4, 0.5) is 11.8 Å². The second kappa shape index (κ2) is 20.8. The molecule has 0 saturated carbocycles. The molecule has 15 nitrogen and oxygen atoms in total. The number of benzene rings is 1. The van der Waals surface area contributed by atoms with Crippen LogP contribution in [0.3, 0.4) is 0 Å². The van der Waals surface area contributed by atoms with Crippen LogP contribution in [0, 0.1) is 0 Å². The van der Waals surface area contributed by atoms with E-state index in [9.17, 15) is 14.4 Å². The largest absolute Gasteiger partial charge is 0.496 e. The third-order valence-electron chi connectivity index (χ3n) is 8.90. The summed E-state index contributed by atoms with van der Waals surface area (Å²) in [5, 5.41) is 15.1. The van der Waals surface area contributed by atoms with E-state index in [0.717, 1.165) is 79.2 Å². The molecule has 0 radical (unpaired) electrons. The normalized spacial score (nSPS) is 14.7. The maximum Gasteiger partial charge on any atom is 0.321 e. The number of piperazine rings is 1. The van der Waals surface area contributed by atoms with E-state index in [1.165, 1.54) is 11.8 Å². The fourth-order valence-corrected chi connectivity index (χ4v) is 6.94. The Hall–Kier alpha value is -4.12. The number of carbonyl (C=O) groups is 3. The molecule has 0 bridgehead atoms. The number of hydrogen-bond acceptors (Lipinski definition) is 12. The zero-order valence-electron chi connectivity index (χ0n) is 30.6. The van der Waals surface area contributed by atoms with Crippen LogP contribution in [0.5, 0.6) is 5.75 Å². The highest BCUT2D eigenvalue weighted by Crippen LogP contribution is 2.27. The van der Waals surface area contributed by atoms with Gasteiger partial charge in [0.15, 0.2) is 5.82 Å². The monoisotopic (exact) mass is 741 g/mol. The Kier molecular flexibility index (Phi) is 16.3. The number of nitrogens with one attached hydrogen (secondary N) is 2. The van der Waals surface area contributed by atoms with E-state index < -0.39 is 12.0 Å². The summed E-state index contributed by atoms with van der Waals surface area (Å²) in [5.74, 6) is 0.928. The number of nitrogens with two attached hydrogens (primary N) is 2. The molecule has 16 heteroatoms. The van der Waals surface area contributed by atoms with Crippen molar-refractivity contribution in [2.75, 3.05) is 76.4 Å². The minimum absolute atomic E-state index is 0.0521. The first-order valence-electron chi connectivity index (χ1n) is 18.0. The summed E-state index contributed by atoms with van der Waals surface area (Å²) in [6, 6.07) is 7.36. The first-order chi connectivity index (χ1) is 25.1. The molecule has 1 aliphatic rings. The number of fused-ring (bicyclic) bond motifs is 1. The minimum atomic E-state index is -1.05. The van der Waals surface area contributed by atoms with E-state index in [-0.39, 0.29) is 48.2 Å². The van der Waals surface area contributed by atoms with Crippen molar-refractivity contribution in [2.45, 2.75) is 70.3 Å². The summed E-state index contributed by atoms with van der Waals surface area (Å²) in [4.78, 5) is 48.9. The number of ether oxygens (including phenoxy) is 2. The maximum absolute atomic E-state index is 12.8. The number of carboxylic acids is 1. The van der Waals surface area contributed by atoms with Crippen molar-refractivity contribution in [1.29, 1.82) is 0 Å². The number of methoxy groups -OCH3 is 1. The number of hydrogen-bond donors (Lipinski definition) is 5. The van der Waals surface area contributed by atoms with Crippen molar-refractivity contribution in [3.8, 4) is 5.75 Å². The number of aromatic nitrogens is 3. The molecule has 7 N–H and O–H groups in total. The van der Waals surface area contributed by atoms with E-state index in [0.29, 0.717) is 32.8 Å². The van der Waals surface area contributed by atoms with E-state index in [1.807, 2.05) is 24.1 Å². The standard InChI is InChI=1S/C36H55N9O6S/c1-4-5-6-11-40-34-33-29(41-36(38)42-34)9-13-45(33)23-27-8-7-26(21-30(27)50-3)22-43-14-16-44(17-15-43)32(47)10-18-51-19-12-39-31(46)20-25(2)52-24-28(37)35(48)49/h7-9,13,21,25,28H,4-6,10-12,14-20,22-24,37H2,1-3H3,(H,39,46)(H,48,49)(H3,38,40,41,42)/t25-,28-/m0/s1. The molecule has 4 rings (SSSR count). The average molecular weight is 742 g/mol. The third-order valence-corrected chi connectivity index (χ3v) is 10.2. The van der Waals surface area contributed by atoms with Crippen molar-refractivity contribution in [3.05, 3.63) is 41.6 Å². The van der Waals surface area contributed by atoms with Gasteiger partial charge in [-0.1, -0.05) is 38.8 Å². The Morgan fingerprint density at radius 2 is 1.85 bits per heavy atom. The number of nitrogen functional groups attached to an aromatic ring is 1. The first-order valence-corrected chi connectivity index (χ1v) is 19.1. The Balaban J connectivity index is 1.17. The molecule has 3 heterocycles. The first kappa shape index (κ1) is 40.6. The number of nitrogens with zero attached hydrogens (tertiary/aromatic N) is 5. The van der Waals surface area contributed by atoms with Crippen molar-refractivity contribution in [2.24, 2.45) is 5.73 Å². The minimum Gasteiger partial charge on any atom is -0.496 e. The fraction of sp³-hybridized carbons (Fsp3) is 0.583. The number of carbonyl (C=O) groups excluding carboxylic acids is 2. The van der Waals surface area contributed by atoms with Crippen molar-refractivity contribution >= 4 is 52.3 Å². The average Bonchev–Trinajstić information content (AvgIpc) is 3.53. The van der Waals surface area contributed by atoms with Crippen LogP contribution in [0.15, 0.2) is 30.5 Å². The molecule has 2 amide bonds. The van der Waals surface area contributed by atoms with Gasteiger partial charge in [0.1, 0.15) is 17.3 Å². The lowest BCUT2D eigenvalue weighted by molar-refractivity contribution is -0.138. The summed E-state index contributed by atoms with van der Waals surface area (Å²) in [6.45, 7) is 10.00. The molecule has 1 aliphatic heterocycles. The Bertz CT molecular complexity index is 1610. The van der Waals surface area contributed by atoms with Gasteiger partial charge in [0.2, 0.25) is 17.8 Å². The number of aliphatic carboxylic acids is 1. The van der Waals surface area contributed by atoms with E-state index in [4.69, 9.17) is 26.0 Å². The molecule has 1 saturated heterocycles. The SMILES string of the molecule is CCCCCNc1nc(N)nc2ccn(Cc3ccc(CN4CCN(C(=O)CCOCCNC(=O)C[C@H](C)SC[C@H](N)C(=O)O)CC4)cc3OC)c12. The van der Waals surface area contributed by atoms with Crippen molar-refractivity contribution < 1.29 is 29.0 Å². The van der Waals surface area contributed by atoms with Crippen LogP contribution in [0.1, 0.15) is 57.1 Å². The molecular formula is C36H55N9O6S. The third kappa shape index (κ3) is 12.5. The zero-order chi connectivity index (χ0) is 37.5. The second-order valence-corrected chi connectivity index (χ2v) is 14.5. The van der Waals surface area contributed by atoms with Crippen LogP contribution >= 0.6 is 11.8 Å². The maximum atomic E-state index is 12.8. The highest BCUT2D eigenvalue weighted by molar-refractivity contribution is 7.99. The van der Waals surface area contributed by atoms with Gasteiger partial charge in [0.05, 0.1) is 38.8 Å². The van der Waals surface area contributed by atoms with Gasteiger partial charge in [-0.2, -0.15) is 16.7 Å². The highest BCUT2D eigenvalue weighted by atomic mass is 32.2. The van der Waals surface area contributed by atoms with Crippen LogP contribution < -0.4 is 26.8 Å². The molecule has 286 valence electrons. The van der Waals surface area contributed by atoms with Crippen LogP contribution in [-0.4, -0.2) is 124 Å². The number of carboxylic acid groups (broad SMARTS) is 1. The second-order valence-electron chi connectivity index (χ2n) is 13.1. The zero-order valence-corrected chi connectivity index (χ0v) is 31.5. The van der Waals surface area contributed by atoms with E-state index in [2.05, 4.69) is 55.2 Å². The number of amides is 2. The van der Waals surface area contributed by atoms with Gasteiger partial charge in [-0.05, 0) is 24.1 Å². The van der Waals surface area contributed by atoms with Gasteiger partial charge in [0, 0.05) is 75.0 Å². The molecule has 0 spiro atoms. The van der Waals surface area contributed by atoms with Crippen molar-refractivity contribution in [3.63, 3.8) is 0 Å². The van der Waals surface area contributed by atoms with Gasteiger partial charge in [-0.3, -0.25) is 19.3 Å². The molecule has 0 aliphatic carbocycles. The van der Waals surface area contributed by atoms with E-state index in [1.54, 1.807) is 7.11 Å². The summed E-state index contributed by atoms with van der Waals surface area (Å²) < 4.78 is 13.5. The summed E-state index contributed by atoms with van der Waals surface area (Å²) in [6.07, 6.45) is 5.91. The van der Waals surface area contributed by atoms with Crippen LogP contribution in [0.2, 0.25) is 0 Å². The molecule has 0 unspecified atom stereocenters. The Morgan fingerprint density at radius 3 is 2.58 bits per heavy atom. The molecule has 2 aromatic heterocycles. The van der Waals surface area contributed by atoms with Crippen LogP contribution in [-0.2, 0) is 32.2 Å². The molecule has 52 heavy (non-hydrogen) atoms. The summed E-state index contributed by atoms with van der Waals surface area (Å²) in [7, 11) is 1.69. The Labute approximate surface area is 310 Å². The summed E-state index contributed by atoms with van der Waals surface area (Å²) in [5.41, 5.74) is 15.4. The number of rotatable bonds is 22. The lowest BCUT2D eigenvalue weighted by Gasteiger charge is -2.35. The van der Waals surface area contributed by atoms with Gasteiger partial charge in [-0.15, -0.1) is 0 Å². The predicted octanol–water partition coefficient (Wildman–Crippen LogP) is 2.76. The predicted molar refractivity (Wildman–Crippen MR) is 205 cm³/mol. The fourth-order valence-electron chi connectivity index (χ4n) is 5.99. The molecule has 3 aromatic rings. The molecular weight excluding hydrogens is 687 g/mol. The number of anilines is 2. The smallest absolute Gasteiger partial charge is 0.321 e. The highest BCUT2D eigenvalue weighted by Gasteiger charge is 2.22. The number of unbranched alkanes of at least 4 members (excludes halogenated alkanes) is 2. The van der Waals surface area contributed by atoms with Crippen molar-refractivity contribution in [1.82, 2.24) is 29.7 Å². The Morgan fingerprint density at radius 1 is 1.06 bits per heavy atom. The lowest BCUT2D eigenvalue weighted by atomic mass is 10.1. The topological polar surface area (TPSA) is 203 Å². The quantitative estimate of drug-likeness (QED) is 0.0942. The van der Waals surface area contributed by atoms with Gasteiger partial charge < -0.3 is 46.1 Å². The van der Waals surface area contributed by atoms with Gasteiger partial charge in [0.25, 0.3) is 0 Å². The summed E-state index contributed by atoms with van der Waals surface area (Å²) >= 11 is 1.35. The van der Waals surface area contributed by atoms with Crippen LogP contribution in [0.25, 0.3) is 11.0 Å². The molecule has 1 fully saturated rings.